The molecule has 0 saturated carbocycles. The summed E-state index contributed by atoms with van der Waals surface area (Å²) >= 11 is 0. The van der Waals surface area contributed by atoms with Crippen molar-refractivity contribution >= 4 is 10.9 Å². The average Bonchev–Trinajstić information content (AvgIpc) is 2.82. The molecule has 2 nitrogen and oxygen atoms in total. The van der Waals surface area contributed by atoms with E-state index in [4.69, 9.17) is 0 Å². The number of hydrogen-bond donors (Lipinski definition) is 1. The summed E-state index contributed by atoms with van der Waals surface area (Å²) in [7, 11) is 1.98. The Hall–Kier alpha value is -1.54. The molecule has 1 aromatic heterocycles. The summed E-state index contributed by atoms with van der Waals surface area (Å²) in [5, 5.41) is 4.54. The fraction of sp³-hybridized carbons (Fsp3) is 0.412. The highest BCUT2D eigenvalue weighted by molar-refractivity contribution is 5.80. The topological polar surface area (TPSA) is 17.0 Å². The molecule has 1 N–H and O–H groups in total. The van der Waals surface area contributed by atoms with Crippen LogP contribution in [-0.4, -0.2) is 11.6 Å². The molecule has 0 fully saturated rings. The van der Waals surface area contributed by atoms with Crippen molar-refractivity contribution in [1.82, 2.24) is 9.88 Å². The van der Waals surface area contributed by atoms with Crippen LogP contribution in [0.5, 0.6) is 0 Å². The van der Waals surface area contributed by atoms with Gasteiger partial charge in [-0.15, -0.1) is 6.58 Å². The summed E-state index contributed by atoms with van der Waals surface area (Å²) in [4.78, 5) is 0. The van der Waals surface area contributed by atoms with Crippen molar-refractivity contribution in [3.63, 3.8) is 0 Å². The first kappa shape index (κ1) is 13.9. The number of nitrogens with zero attached hydrogens (tertiary/aromatic N) is 1. The standard InChI is InChI=1S/C17H24N2/c1-3-4-5-6-7-11-19-12-10-16-13-15(14-18-2)8-9-17(16)19/h3,8-10,12-13,18H,1,4-7,11,14H2,2H3. The summed E-state index contributed by atoms with van der Waals surface area (Å²) < 4.78 is 2.37. The van der Waals surface area contributed by atoms with Crippen LogP contribution in [0.15, 0.2) is 43.1 Å². The van der Waals surface area contributed by atoms with Gasteiger partial charge in [0.05, 0.1) is 0 Å². The number of rotatable bonds is 8. The maximum Gasteiger partial charge on any atom is 0.0480 e. The Morgan fingerprint density at radius 2 is 2.11 bits per heavy atom. The first-order valence-electron chi connectivity index (χ1n) is 7.18. The van der Waals surface area contributed by atoms with E-state index in [0.29, 0.717) is 0 Å². The first-order chi connectivity index (χ1) is 9.35. The van der Waals surface area contributed by atoms with Crippen molar-refractivity contribution in [3.8, 4) is 0 Å². The second-order valence-electron chi connectivity index (χ2n) is 5.07. The van der Waals surface area contributed by atoms with Crippen LogP contribution in [0.2, 0.25) is 0 Å². The minimum atomic E-state index is 0.933. The molecule has 19 heavy (non-hydrogen) atoms. The summed E-state index contributed by atoms with van der Waals surface area (Å²) in [6, 6.07) is 8.96. The monoisotopic (exact) mass is 256 g/mol. The number of benzene rings is 1. The molecule has 2 rings (SSSR count). The van der Waals surface area contributed by atoms with Gasteiger partial charge in [-0.3, -0.25) is 0 Å². The SMILES string of the molecule is C=CCCCCCn1ccc2cc(CNC)ccc21. The number of unbranched alkanes of at least 4 members (excludes halogenated alkanes) is 3. The lowest BCUT2D eigenvalue weighted by Gasteiger charge is -2.06. The normalized spacial score (nSPS) is 11.0. The fourth-order valence-corrected chi connectivity index (χ4v) is 2.51. The van der Waals surface area contributed by atoms with Gasteiger partial charge in [-0.05, 0) is 55.5 Å². The number of aromatic nitrogens is 1. The molecule has 0 amide bonds. The van der Waals surface area contributed by atoms with Crippen LogP contribution in [-0.2, 0) is 13.1 Å². The van der Waals surface area contributed by atoms with Crippen LogP contribution in [0.25, 0.3) is 10.9 Å². The summed E-state index contributed by atoms with van der Waals surface area (Å²) in [5.41, 5.74) is 2.70. The number of fused-ring (bicyclic) bond motifs is 1. The van der Waals surface area contributed by atoms with E-state index in [1.165, 1.54) is 35.7 Å². The molecule has 0 aliphatic carbocycles. The van der Waals surface area contributed by atoms with Gasteiger partial charge < -0.3 is 9.88 Å². The molecule has 0 spiro atoms. The van der Waals surface area contributed by atoms with Crippen molar-refractivity contribution in [2.24, 2.45) is 0 Å². The molecule has 0 bridgehead atoms. The van der Waals surface area contributed by atoms with Gasteiger partial charge >= 0.3 is 0 Å². The summed E-state index contributed by atoms with van der Waals surface area (Å²) in [5.74, 6) is 0. The number of aryl methyl sites for hydroxylation is 1. The Bertz CT molecular complexity index is 525. The molecule has 2 aromatic rings. The molecule has 1 heterocycles. The van der Waals surface area contributed by atoms with E-state index >= 15 is 0 Å². The fourth-order valence-electron chi connectivity index (χ4n) is 2.51. The average molecular weight is 256 g/mol. The lowest BCUT2D eigenvalue weighted by Crippen LogP contribution is -2.04. The zero-order valence-electron chi connectivity index (χ0n) is 11.9. The largest absolute Gasteiger partial charge is 0.347 e. The number of allylic oxidation sites excluding steroid dienone is 1. The molecule has 1 aromatic carbocycles. The predicted octanol–water partition coefficient (Wildman–Crippen LogP) is 4.11. The Labute approximate surface area is 116 Å². The third kappa shape index (κ3) is 3.71. The van der Waals surface area contributed by atoms with Crippen molar-refractivity contribution in [2.75, 3.05) is 7.05 Å². The van der Waals surface area contributed by atoms with Gasteiger partial charge in [0.1, 0.15) is 0 Å². The summed E-state index contributed by atoms with van der Waals surface area (Å²) in [6.07, 6.45) is 9.14. The Balaban J connectivity index is 1.98. The van der Waals surface area contributed by atoms with Crippen LogP contribution >= 0.6 is 0 Å². The van der Waals surface area contributed by atoms with Crippen molar-refractivity contribution < 1.29 is 0 Å². The van der Waals surface area contributed by atoms with Gasteiger partial charge in [0.2, 0.25) is 0 Å². The maximum atomic E-state index is 3.76. The first-order valence-corrected chi connectivity index (χ1v) is 7.18. The molecule has 2 heteroatoms. The smallest absolute Gasteiger partial charge is 0.0480 e. The van der Waals surface area contributed by atoms with Gasteiger partial charge in [0.25, 0.3) is 0 Å². The zero-order chi connectivity index (χ0) is 13.5. The Morgan fingerprint density at radius 1 is 1.21 bits per heavy atom. The minimum absolute atomic E-state index is 0.933. The lowest BCUT2D eigenvalue weighted by molar-refractivity contribution is 0.603. The summed E-state index contributed by atoms with van der Waals surface area (Å²) in [6.45, 7) is 5.81. The van der Waals surface area contributed by atoms with Gasteiger partial charge in [0.15, 0.2) is 0 Å². The van der Waals surface area contributed by atoms with E-state index in [1.807, 2.05) is 13.1 Å². The van der Waals surface area contributed by atoms with Crippen molar-refractivity contribution in [3.05, 3.63) is 48.7 Å². The van der Waals surface area contributed by atoms with E-state index < -0.39 is 0 Å². The Morgan fingerprint density at radius 3 is 2.89 bits per heavy atom. The predicted molar refractivity (Wildman–Crippen MR) is 83.4 cm³/mol. The van der Waals surface area contributed by atoms with Crippen LogP contribution in [0.4, 0.5) is 0 Å². The minimum Gasteiger partial charge on any atom is -0.347 e. The van der Waals surface area contributed by atoms with Crippen molar-refractivity contribution in [1.29, 1.82) is 0 Å². The van der Waals surface area contributed by atoms with Gasteiger partial charge in [-0.25, -0.2) is 0 Å². The molecule has 0 radical (unpaired) electrons. The molecule has 0 aliphatic rings. The third-order valence-electron chi connectivity index (χ3n) is 3.52. The molecule has 0 aliphatic heterocycles. The van der Waals surface area contributed by atoms with Gasteiger partial charge in [0, 0.05) is 24.8 Å². The highest BCUT2D eigenvalue weighted by atomic mass is 14.9. The van der Waals surface area contributed by atoms with Crippen LogP contribution in [0, 0.1) is 0 Å². The highest BCUT2D eigenvalue weighted by Crippen LogP contribution is 2.18. The highest BCUT2D eigenvalue weighted by Gasteiger charge is 2.01. The maximum absolute atomic E-state index is 3.76. The van der Waals surface area contributed by atoms with Crippen LogP contribution < -0.4 is 5.32 Å². The van der Waals surface area contributed by atoms with Crippen LogP contribution in [0.1, 0.15) is 31.2 Å². The zero-order valence-corrected chi connectivity index (χ0v) is 11.9. The molecule has 0 atom stereocenters. The molecular weight excluding hydrogens is 232 g/mol. The third-order valence-corrected chi connectivity index (χ3v) is 3.52. The van der Waals surface area contributed by atoms with Gasteiger partial charge in [-0.2, -0.15) is 0 Å². The second kappa shape index (κ2) is 7.15. The quantitative estimate of drug-likeness (QED) is 0.555. The lowest BCUT2D eigenvalue weighted by atomic mass is 10.1. The second-order valence-corrected chi connectivity index (χ2v) is 5.07. The number of nitrogens with one attached hydrogen (secondary N) is 1. The van der Waals surface area contributed by atoms with E-state index in [2.05, 4.69) is 46.9 Å². The van der Waals surface area contributed by atoms with Gasteiger partial charge in [-0.1, -0.05) is 18.6 Å². The molecule has 0 unspecified atom stereocenters. The van der Waals surface area contributed by atoms with E-state index in [1.54, 1.807) is 0 Å². The number of hydrogen-bond acceptors (Lipinski definition) is 1. The molecule has 0 saturated heterocycles. The van der Waals surface area contributed by atoms with E-state index in [-0.39, 0.29) is 0 Å². The van der Waals surface area contributed by atoms with E-state index in [0.717, 1.165) is 19.5 Å². The van der Waals surface area contributed by atoms with E-state index in [9.17, 15) is 0 Å². The molecular formula is C17H24N2. The van der Waals surface area contributed by atoms with Crippen molar-refractivity contribution in [2.45, 2.75) is 38.8 Å². The molecule has 102 valence electrons. The van der Waals surface area contributed by atoms with Crippen LogP contribution in [0.3, 0.4) is 0 Å². The Kier molecular flexibility index (Phi) is 5.22.